The zero-order valence-electron chi connectivity index (χ0n) is 9.85. The SMILES string of the molecule is CCC(NC)C1CC(C)(C)CC1C. The Morgan fingerprint density at radius 1 is 1.38 bits per heavy atom. The molecular weight excluding hydrogens is 158 g/mol. The predicted octanol–water partition coefficient (Wildman–Crippen LogP) is 3.06. The molecule has 1 aliphatic rings. The van der Waals surface area contributed by atoms with Crippen molar-refractivity contribution in [3.05, 3.63) is 0 Å². The first kappa shape index (κ1) is 11.0. The molecule has 0 saturated heterocycles. The standard InChI is InChI=1S/C12H25N/c1-6-11(13-5)10-8-12(3,4)7-9(10)2/h9-11,13H,6-8H2,1-5H3. The van der Waals surface area contributed by atoms with Gasteiger partial charge >= 0.3 is 0 Å². The Kier molecular flexibility index (Phi) is 3.39. The molecule has 1 fully saturated rings. The van der Waals surface area contributed by atoms with Gasteiger partial charge in [0.1, 0.15) is 0 Å². The molecular formula is C12H25N. The Bertz CT molecular complexity index is 159. The van der Waals surface area contributed by atoms with Crippen LogP contribution < -0.4 is 5.32 Å². The first-order chi connectivity index (χ1) is 6.00. The summed E-state index contributed by atoms with van der Waals surface area (Å²) >= 11 is 0. The Labute approximate surface area is 83.3 Å². The fraction of sp³-hybridized carbons (Fsp3) is 1.00. The van der Waals surface area contributed by atoms with Gasteiger partial charge in [-0.3, -0.25) is 0 Å². The highest BCUT2D eigenvalue weighted by Gasteiger charge is 2.39. The van der Waals surface area contributed by atoms with Crippen molar-refractivity contribution in [2.24, 2.45) is 17.3 Å². The van der Waals surface area contributed by atoms with Crippen LogP contribution in [0.1, 0.15) is 47.0 Å². The van der Waals surface area contributed by atoms with Crippen molar-refractivity contribution < 1.29 is 0 Å². The average Bonchev–Trinajstić information content (AvgIpc) is 2.28. The Morgan fingerprint density at radius 2 is 2.00 bits per heavy atom. The van der Waals surface area contributed by atoms with Crippen molar-refractivity contribution in [3.8, 4) is 0 Å². The van der Waals surface area contributed by atoms with Gasteiger partial charge in [-0.15, -0.1) is 0 Å². The lowest BCUT2D eigenvalue weighted by atomic mass is 9.87. The molecule has 13 heavy (non-hydrogen) atoms. The van der Waals surface area contributed by atoms with Gasteiger partial charge in [0.15, 0.2) is 0 Å². The van der Waals surface area contributed by atoms with Crippen molar-refractivity contribution in [2.75, 3.05) is 7.05 Å². The van der Waals surface area contributed by atoms with E-state index in [1.54, 1.807) is 0 Å². The third kappa shape index (κ3) is 2.46. The molecule has 0 aromatic heterocycles. The van der Waals surface area contributed by atoms with Crippen molar-refractivity contribution >= 4 is 0 Å². The molecule has 0 radical (unpaired) electrons. The molecule has 1 rings (SSSR count). The van der Waals surface area contributed by atoms with E-state index in [4.69, 9.17) is 0 Å². The largest absolute Gasteiger partial charge is 0.317 e. The highest BCUT2D eigenvalue weighted by atomic mass is 14.9. The second-order valence-electron chi connectivity index (χ2n) is 5.52. The normalized spacial score (nSPS) is 34.8. The Hall–Kier alpha value is -0.0400. The number of nitrogens with one attached hydrogen (secondary N) is 1. The maximum absolute atomic E-state index is 3.46. The molecule has 1 saturated carbocycles. The maximum atomic E-state index is 3.46. The summed E-state index contributed by atoms with van der Waals surface area (Å²) in [6.45, 7) is 9.52. The van der Waals surface area contributed by atoms with Gasteiger partial charge < -0.3 is 5.32 Å². The Balaban J connectivity index is 2.61. The third-order valence-electron chi connectivity index (χ3n) is 3.72. The van der Waals surface area contributed by atoms with Gasteiger partial charge in [0.2, 0.25) is 0 Å². The second kappa shape index (κ2) is 4.00. The molecule has 1 aliphatic carbocycles. The number of hydrogen-bond donors (Lipinski definition) is 1. The molecule has 0 bridgehead atoms. The summed E-state index contributed by atoms with van der Waals surface area (Å²) in [5.74, 6) is 1.79. The summed E-state index contributed by atoms with van der Waals surface area (Å²) in [7, 11) is 2.10. The summed E-state index contributed by atoms with van der Waals surface area (Å²) in [5, 5.41) is 3.46. The zero-order valence-corrected chi connectivity index (χ0v) is 9.85. The van der Waals surface area contributed by atoms with Crippen LogP contribution in [-0.2, 0) is 0 Å². The zero-order chi connectivity index (χ0) is 10.1. The summed E-state index contributed by atoms with van der Waals surface area (Å²) in [5.41, 5.74) is 0.578. The van der Waals surface area contributed by atoms with E-state index in [1.807, 2.05) is 0 Å². The van der Waals surface area contributed by atoms with Crippen LogP contribution in [-0.4, -0.2) is 13.1 Å². The fourth-order valence-corrected chi connectivity index (χ4v) is 3.21. The van der Waals surface area contributed by atoms with Crippen LogP contribution in [0.25, 0.3) is 0 Å². The minimum absolute atomic E-state index is 0.578. The van der Waals surface area contributed by atoms with E-state index in [2.05, 4.69) is 40.1 Å². The molecule has 0 spiro atoms. The molecule has 1 nitrogen and oxygen atoms in total. The quantitative estimate of drug-likeness (QED) is 0.709. The average molecular weight is 183 g/mol. The first-order valence-electron chi connectivity index (χ1n) is 5.67. The molecule has 0 aromatic carbocycles. The minimum atomic E-state index is 0.578. The lowest BCUT2D eigenvalue weighted by molar-refractivity contribution is 0.292. The topological polar surface area (TPSA) is 12.0 Å². The van der Waals surface area contributed by atoms with Gasteiger partial charge in [-0.25, -0.2) is 0 Å². The van der Waals surface area contributed by atoms with E-state index in [1.165, 1.54) is 19.3 Å². The van der Waals surface area contributed by atoms with Crippen LogP contribution in [0, 0.1) is 17.3 Å². The maximum Gasteiger partial charge on any atom is 0.00924 e. The lowest BCUT2D eigenvalue weighted by Gasteiger charge is -2.26. The fourth-order valence-electron chi connectivity index (χ4n) is 3.21. The smallest absolute Gasteiger partial charge is 0.00924 e. The van der Waals surface area contributed by atoms with E-state index in [-0.39, 0.29) is 0 Å². The van der Waals surface area contributed by atoms with Crippen LogP contribution in [0.5, 0.6) is 0 Å². The molecule has 1 N–H and O–H groups in total. The molecule has 3 unspecified atom stereocenters. The van der Waals surface area contributed by atoms with Gasteiger partial charge in [0, 0.05) is 6.04 Å². The van der Waals surface area contributed by atoms with Gasteiger partial charge in [-0.2, -0.15) is 0 Å². The van der Waals surface area contributed by atoms with Crippen molar-refractivity contribution in [3.63, 3.8) is 0 Å². The molecule has 0 aromatic rings. The summed E-state index contributed by atoms with van der Waals surface area (Å²) < 4.78 is 0. The van der Waals surface area contributed by atoms with Gasteiger partial charge in [-0.1, -0.05) is 27.7 Å². The first-order valence-corrected chi connectivity index (χ1v) is 5.67. The van der Waals surface area contributed by atoms with E-state index in [0.717, 1.165) is 17.9 Å². The van der Waals surface area contributed by atoms with Gasteiger partial charge in [-0.05, 0) is 43.6 Å². The van der Waals surface area contributed by atoms with Crippen LogP contribution in [0.15, 0.2) is 0 Å². The van der Waals surface area contributed by atoms with Gasteiger partial charge in [0.25, 0.3) is 0 Å². The summed E-state index contributed by atoms with van der Waals surface area (Å²) in [4.78, 5) is 0. The van der Waals surface area contributed by atoms with Crippen LogP contribution in [0.3, 0.4) is 0 Å². The van der Waals surface area contributed by atoms with E-state index in [0.29, 0.717) is 5.41 Å². The number of hydrogen-bond acceptors (Lipinski definition) is 1. The van der Waals surface area contributed by atoms with Crippen molar-refractivity contribution in [1.29, 1.82) is 0 Å². The molecule has 0 amide bonds. The minimum Gasteiger partial charge on any atom is -0.317 e. The molecule has 0 heterocycles. The highest BCUT2D eigenvalue weighted by molar-refractivity contribution is 4.91. The van der Waals surface area contributed by atoms with Crippen LogP contribution in [0.2, 0.25) is 0 Å². The summed E-state index contributed by atoms with van der Waals surface area (Å²) in [6, 6.07) is 0.733. The van der Waals surface area contributed by atoms with Crippen molar-refractivity contribution in [2.45, 2.75) is 53.0 Å². The van der Waals surface area contributed by atoms with E-state index in [9.17, 15) is 0 Å². The van der Waals surface area contributed by atoms with Gasteiger partial charge in [0.05, 0.1) is 0 Å². The molecule has 0 aliphatic heterocycles. The summed E-state index contributed by atoms with van der Waals surface area (Å²) in [6.07, 6.45) is 4.06. The number of rotatable bonds is 3. The monoisotopic (exact) mass is 183 g/mol. The molecule has 1 heteroatoms. The lowest BCUT2D eigenvalue weighted by Crippen LogP contribution is -2.34. The van der Waals surface area contributed by atoms with Crippen LogP contribution >= 0.6 is 0 Å². The second-order valence-corrected chi connectivity index (χ2v) is 5.52. The molecule has 78 valence electrons. The third-order valence-corrected chi connectivity index (χ3v) is 3.72. The molecule has 3 atom stereocenters. The highest BCUT2D eigenvalue weighted by Crippen LogP contribution is 2.46. The van der Waals surface area contributed by atoms with Crippen LogP contribution in [0.4, 0.5) is 0 Å². The van der Waals surface area contributed by atoms with Crippen molar-refractivity contribution in [1.82, 2.24) is 5.32 Å². The predicted molar refractivity (Wildman–Crippen MR) is 58.8 cm³/mol. The Morgan fingerprint density at radius 3 is 2.31 bits per heavy atom. The van der Waals surface area contributed by atoms with E-state index < -0.39 is 0 Å². The van der Waals surface area contributed by atoms with E-state index >= 15 is 0 Å².